The van der Waals surface area contributed by atoms with Gasteiger partial charge in [-0.05, 0) is 31.2 Å². The lowest BCUT2D eigenvalue weighted by Crippen LogP contribution is -2.39. The van der Waals surface area contributed by atoms with Crippen molar-refractivity contribution in [3.8, 4) is 0 Å². The van der Waals surface area contributed by atoms with Crippen LogP contribution >= 0.6 is 0 Å². The molecular formula is C20H24O6. The molecule has 2 rings (SSSR count). The van der Waals surface area contributed by atoms with E-state index in [-0.39, 0.29) is 18.8 Å². The van der Waals surface area contributed by atoms with Gasteiger partial charge < -0.3 is 14.2 Å². The zero-order valence-electron chi connectivity index (χ0n) is 15.5. The standard InChI is InChI=1S/C20H24O6/c1-5-13-11-20(18(22)25-3,19(23)26-4)12-15(13)16(17(21)24-2)14-9-7-6-8-10-14/h5-10,15-16H,11-12H2,1-4H3/b13-5+/t15-,16?/m0/s1. The average molecular weight is 360 g/mol. The Balaban J connectivity index is 2.53. The first-order valence-corrected chi connectivity index (χ1v) is 8.39. The lowest BCUT2D eigenvalue weighted by Gasteiger charge is -2.25. The van der Waals surface area contributed by atoms with Gasteiger partial charge in [-0.15, -0.1) is 0 Å². The van der Waals surface area contributed by atoms with Crippen LogP contribution in [0.1, 0.15) is 31.2 Å². The number of rotatable bonds is 5. The number of carbonyl (C=O) groups excluding carboxylic acids is 3. The number of hydrogen-bond acceptors (Lipinski definition) is 6. The van der Waals surface area contributed by atoms with E-state index in [1.54, 1.807) is 0 Å². The molecule has 0 spiro atoms. The molecule has 1 aromatic rings. The molecule has 1 fully saturated rings. The maximum atomic E-state index is 12.6. The molecule has 6 nitrogen and oxygen atoms in total. The molecule has 0 aromatic heterocycles. The molecule has 0 amide bonds. The molecule has 1 aliphatic rings. The monoisotopic (exact) mass is 360 g/mol. The van der Waals surface area contributed by atoms with E-state index in [4.69, 9.17) is 14.2 Å². The molecule has 1 unspecified atom stereocenters. The highest BCUT2D eigenvalue weighted by molar-refractivity contribution is 6.01. The Hall–Kier alpha value is -2.63. The highest BCUT2D eigenvalue weighted by atomic mass is 16.5. The van der Waals surface area contributed by atoms with Gasteiger partial charge in [-0.1, -0.05) is 42.0 Å². The van der Waals surface area contributed by atoms with Gasteiger partial charge >= 0.3 is 17.9 Å². The Morgan fingerprint density at radius 2 is 1.62 bits per heavy atom. The van der Waals surface area contributed by atoms with Gasteiger partial charge in [-0.2, -0.15) is 0 Å². The SMILES string of the molecule is C/C=C1\CC(C(=O)OC)(C(=O)OC)C[C@@H]1C(C(=O)OC)c1ccccc1. The summed E-state index contributed by atoms with van der Waals surface area (Å²) in [4.78, 5) is 37.5. The van der Waals surface area contributed by atoms with Gasteiger partial charge in [0.1, 0.15) is 0 Å². The van der Waals surface area contributed by atoms with Gasteiger partial charge in [-0.3, -0.25) is 14.4 Å². The average Bonchev–Trinajstić information content (AvgIpc) is 3.08. The number of ether oxygens (including phenoxy) is 3. The summed E-state index contributed by atoms with van der Waals surface area (Å²) in [6.07, 6.45) is 2.13. The smallest absolute Gasteiger partial charge is 0.323 e. The molecule has 0 radical (unpaired) electrons. The molecule has 0 saturated heterocycles. The lowest BCUT2D eigenvalue weighted by molar-refractivity contribution is -0.169. The topological polar surface area (TPSA) is 78.9 Å². The minimum atomic E-state index is -1.45. The summed E-state index contributed by atoms with van der Waals surface area (Å²) in [5.41, 5.74) is 0.158. The molecule has 0 aliphatic heterocycles. The molecule has 6 heteroatoms. The summed E-state index contributed by atoms with van der Waals surface area (Å²) in [5, 5.41) is 0. The molecule has 1 saturated carbocycles. The van der Waals surface area contributed by atoms with Gasteiger partial charge in [-0.25, -0.2) is 0 Å². The number of esters is 3. The number of allylic oxidation sites excluding steroid dienone is 2. The van der Waals surface area contributed by atoms with Crippen LogP contribution in [-0.4, -0.2) is 39.2 Å². The molecule has 1 aromatic carbocycles. The van der Waals surface area contributed by atoms with E-state index < -0.39 is 29.2 Å². The van der Waals surface area contributed by atoms with E-state index in [9.17, 15) is 14.4 Å². The van der Waals surface area contributed by atoms with Gasteiger partial charge in [0.15, 0.2) is 5.41 Å². The second kappa shape index (κ2) is 8.17. The quantitative estimate of drug-likeness (QED) is 0.348. The van der Waals surface area contributed by atoms with Crippen LogP contribution < -0.4 is 0 Å². The van der Waals surface area contributed by atoms with E-state index >= 15 is 0 Å². The van der Waals surface area contributed by atoms with Crippen LogP contribution in [0.2, 0.25) is 0 Å². The third-order valence-corrected chi connectivity index (χ3v) is 5.09. The zero-order chi connectivity index (χ0) is 19.3. The Bertz CT molecular complexity index is 690. The van der Waals surface area contributed by atoms with Crippen molar-refractivity contribution in [2.45, 2.75) is 25.7 Å². The number of carbonyl (C=O) groups is 3. The molecule has 2 atom stereocenters. The fraction of sp³-hybridized carbons (Fsp3) is 0.450. The summed E-state index contributed by atoms with van der Waals surface area (Å²) in [5.74, 6) is -2.70. The fourth-order valence-corrected chi connectivity index (χ4v) is 3.81. The second-order valence-electron chi connectivity index (χ2n) is 6.33. The minimum Gasteiger partial charge on any atom is -0.469 e. The molecule has 0 N–H and O–H groups in total. The van der Waals surface area contributed by atoms with E-state index in [1.807, 2.05) is 43.3 Å². The Kier molecular flexibility index (Phi) is 6.18. The van der Waals surface area contributed by atoms with Crippen molar-refractivity contribution in [3.05, 3.63) is 47.5 Å². The van der Waals surface area contributed by atoms with Crippen LogP contribution in [0.15, 0.2) is 42.0 Å². The maximum Gasteiger partial charge on any atom is 0.323 e. The maximum absolute atomic E-state index is 12.6. The predicted octanol–water partition coefficient (Wildman–Crippen LogP) is 2.63. The second-order valence-corrected chi connectivity index (χ2v) is 6.33. The minimum absolute atomic E-state index is 0.126. The van der Waals surface area contributed by atoms with E-state index in [0.717, 1.165) is 11.1 Å². The zero-order valence-corrected chi connectivity index (χ0v) is 15.5. The van der Waals surface area contributed by atoms with Crippen molar-refractivity contribution in [3.63, 3.8) is 0 Å². The van der Waals surface area contributed by atoms with E-state index in [0.29, 0.717) is 0 Å². The third-order valence-electron chi connectivity index (χ3n) is 5.09. The number of benzene rings is 1. The van der Waals surface area contributed by atoms with Crippen molar-refractivity contribution < 1.29 is 28.6 Å². The van der Waals surface area contributed by atoms with Crippen LogP contribution in [0.25, 0.3) is 0 Å². The molecule has 26 heavy (non-hydrogen) atoms. The molecule has 140 valence electrons. The van der Waals surface area contributed by atoms with Crippen molar-refractivity contribution in [2.24, 2.45) is 11.3 Å². The van der Waals surface area contributed by atoms with Crippen LogP contribution in [0.5, 0.6) is 0 Å². The summed E-state index contributed by atoms with van der Waals surface area (Å²) < 4.78 is 14.8. The van der Waals surface area contributed by atoms with Crippen molar-refractivity contribution in [1.82, 2.24) is 0 Å². The van der Waals surface area contributed by atoms with Crippen molar-refractivity contribution >= 4 is 17.9 Å². The lowest BCUT2D eigenvalue weighted by atomic mass is 9.79. The van der Waals surface area contributed by atoms with E-state index in [1.165, 1.54) is 21.3 Å². The first-order chi connectivity index (χ1) is 12.4. The first-order valence-electron chi connectivity index (χ1n) is 8.39. The van der Waals surface area contributed by atoms with Gasteiger partial charge in [0.25, 0.3) is 0 Å². The van der Waals surface area contributed by atoms with Crippen LogP contribution in [0, 0.1) is 11.3 Å². The van der Waals surface area contributed by atoms with Gasteiger partial charge in [0.05, 0.1) is 27.2 Å². The van der Waals surface area contributed by atoms with Gasteiger partial charge in [0.2, 0.25) is 0 Å². The predicted molar refractivity (Wildman–Crippen MR) is 94.1 cm³/mol. The highest BCUT2D eigenvalue weighted by Crippen LogP contribution is 2.52. The first kappa shape index (κ1) is 19.7. The van der Waals surface area contributed by atoms with Gasteiger partial charge in [0, 0.05) is 0 Å². The summed E-state index contributed by atoms with van der Waals surface area (Å²) >= 11 is 0. The number of methoxy groups -OCH3 is 3. The highest BCUT2D eigenvalue weighted by Gasteiger charge is 2.57. The Morgan fingerprint density at radius 1 is 1.04 bits per heavy atom. The molecule has 0 bridgehead atoms. The van der Waals surface area contributed by atoms with Crippen LogP contribution in [0.4, 0.5) is 0 Å². The summed E-state index contributed by atoms with van der Waals surface area (Å²) in [6, 6.07) is 9.21. The van der Waals surface area contributed by atoms with Crippen molar-refractivity contribution in [2.75, 3.05) is 21.3 Å². The molecule has 0 heterocycles. The largest absolute Gasteiger partial charge is 0.469 e. The summed E-state index contributed by atoms with van der Waals surface area (Å²) in [7, 11) is 3.81. The summed E-state index contributed by atoms with van der Waals surface area (Å²) in [6.45, 7) is 1.83. The van der Waals surface area contributed by atoms with Crippen LogP contribution in [-0.2, 0) is 28.6 Å². The Labute approximate surface area is 153 Å². The normalized spacial score (nSPS) is 21.1. The molecule has 1 aliphatic carbocycles. The molecular weight excluding hydrogens is 336 g/mol. The van der Waals surface area contributed by atoms with Crippen molar-refractivity contribution in [1.29, 1.82) is 0 Å². The Morgan fingerprint density at radius 3 is 2.08 bits per heavy atom. The third kappa shape index (κ3) is 3.36. The fourth-order valence-electron chi connectivity index (χ4n) is 3.81. The van der Waals surface area contributed by atoms with E-state index in [2.05, 4.69) is 0 Å². The van der Waals surface area contributed by atoms with Crippen LogP contribution in [0.3, 0.4) is 0 Å². The number of hydrogen-bond donors (Lipinski definition) is 0.